The van der Waals surface area contributed by atoms with E-state index in [1.54, 1.807) is 30.5 Å². The number of fused-ring (bicyclic) bond motifs is 1. The van der Waals surface area contributed by atoms with Crippen LogP contribution in [0.15, 0.2) is 30.0 Å². The molecule has 17 heavy (non-hydrogen) atoms. The van der Waals surface area contributed by atoms with E-state index in [0.29, 0.717) is 10.6 Å². The summed E-state index contributed by atoms with van der Waals surface area (Å²) in [5.41, 5.74) is 1.14. The van der Waals surface area contributed by atoms with Crippen LogP contribution in [-0.4, -0.2) is 16.1 Å². The minimum Gasteiger partial charge on any atom is -0.477 e. The number of hydrogen-bond acceptors (Lipinski definition) is 2. The van der Waals surface area contributed by atoms with Gasteiger partial charge in [-0.3, -0.25) is 0 Å². The number of rotatable bonds is 2. The van der Waals surface area contributed by atoms with Gasteiger partial charge >= 0.3 is 5.97 Å². The second kappa shape index (κ2) is 4.32. The molecule has 2 N–H and O–H groups in total. The molecular weight excluding hydrogens is 240 g/mol. The van der Waals surface area contributed by atoms with Crippen LogP contribution in [0.5, 0.6) is 0 Å². The summed E-state index contributed by atoms with van der Waals surface area (Å²) in [4.78, 5) is 13.7. The average molecular weight is 247 g/mol. The molecule has 0 saturated heterocycles. The highest BCUT2D eigenvalue weighted by atomic mass is 35.5. The average Bonchev–Trinajstić information content (AvgIpc) is 2.67. The first-order chi connectivity index (χ1) is 8.11. The van der Waals surface area contributed by atoms with Gasteiger partial charge in [-0.2, -0.15) is 5.26 Å². The number of aromatic amines is 1. The fourth-order valence-electron chi connectivity index (χ4n) is 1.54. The van der Waals surface area contributed by atoms with Crippen molar-refractivity contribution in [3.05, 3.63) is 40.6 Å². The highest BCUT2D eigenvalue weighted by molar-refractivity contribution is 6.31. The van der Waals surface area contributed by atoms with Gasteiger partial charge in [-0.05, 0) is 18.2 Å². The predicted octanol–water partition coefficient (Wildman–Crippen LogP) is 2.81. The van der Waals surface area contributed by atoms with E-state index in [9.17, 15) is 4.79 Å². The van der Waals surface area contributed by atoms with Gasteiger partial charge in [0.2, 0.25) is 0 Å². The van der Waals surface area contributed by atoms with Crippen molar-refractivity contribution in [3.8, 4) is 6.07 Å². The maximum Gasteiger partial charge on any atom is 0.346 e. The smallest absolute Gasteiger partial charge is 0.346 e. The molecule has 0 aliphatic rings. The molecule has 2 rings (SSSR count). The SMILES string of the molecule is N#C/C(=C\c1c[nH]c2cc(Cl)ccc12)C(=O)O. The first kappa shape index (κ1) is 11.2. The molecule has 0 aliphatic carbocycles. The quantitative estimate of drug-likeness (QED) is 0.632. The fourth-order valence-corrected chi connectivity index (χ4v) is 1.71. The Morgan fingerprint density at radius 3 is 2.94 bits per heavy atom. The van der Waals surface area contributed by atoms with E-state index in [-0.39, 0.29) is 5.57 Å². The summed E-state index contributed by atoms with van der Waals surface area (Å²) in [6, 6.07) is 6.86. The number of hydrogen-bond donors (Lipinski definition) is 2. The van der Waals surface area contributed by atoms with Crippen molar-refractivity contribution in [2.45, 2.75) is 0 Å². The lowest BCUT2D eigenvalue weighted by atomic mass is 10.1. The molecule has 1 aromatic heterocycles. The van der Waals surface area contributed by atoms with E-state index in [1.807, 2.05) is 0 Å². The van der Waals surface area contributed by atoms with E-state index in [0.717, 1.165) is 10.9 Å². The van der Waals surface area contributed by atoms with Crippen LogP contribution in [0, 0.1) is 11.3 Å². The van der Waals surface area contributed by atoms with Crippen molar-refractivity contribution in [3.63, 3.8) is 0 Å². The lowest BCUT2D eigenvalue weighted by Crippen LogP contribution is -1.96. The minimum atomic E-state index is -1.24. The number of carboxylic acid groups (broad SMARTS) is 1. The summed E-state index contributed by atoms with van der Waals surface area (Å²) in [5, 5.41) is 18.9. The molecule has 0 fully saturated rings. The van der Waals surface area contributed by atoms with E-state index in [2.05, 4.69) is 4.98 Å². The maximum absolute atomic E-state index is 10.7. The monoisotopic (exact) mass is 246 g/mol. The first-order valence-electron chi connectivity index (χ1n) is 4.73. The third-order valence-electron chi connectivity index (χ3n) is 2.33. The molecule has 1 aromatic carbocycles. The van der Waals surface area contributed by atoms with Crippen LogP contribution < -0.4 is 0 Å². The van der Waals surface area contributed by atoms with Crippen molar-refractivity contribution in [1.82, 2.24) is 4.98 Å². The largest absolute Gasteiger partial charge is 0.477 e. The number of nitrogens with zero attached hydrogens (tertiary/aromatic N) is 1. The molecule has 84 valence electrons. The minimum absolute atomic E-state index is 0.305. The lowest BCUT2D eigenvalue weighted by molar-refractivity contribution is -0.132. The van der Waals surface area contributed by atoms with E-state index in [4.69, 9.17) is 22.0 Å². The van der Waals surface area contributed by atoms with Gasteiger partial charge in [0.05, 0.1) is 0 Å². The number of nitrogens with one attached hydrogen (secondary N) is 1. The molecule has 5 heteroatoms. The zero-order valence-corrected chi connectivity index (χ0v) is 9.32. The number of halogens is 1. The Labute approximate surface area is 102 Å². The summed E-state index contributed by atoms with van der Waals surface area (Å²) in [5.74, 6) is -1.24. The zero-order valence-electron chi connectivity index (χ0n) is 8.57. The molecule has 0 spiro atoms. The fraction of sp³-hybridized carbons (Fsp3) is 0. The molecule has 0 bridgehead atoms. The number of aromatic nitrogens is 1. The molecule has 1 heterocycles. The Hall–Kier alpha value is -2.25. The molecule has 0 radical (unpaired) electrons. The molecule has 0 amide bonds. The van der Waals surface area contributed by atoms with Gasteiger partial charge < -0.3 is 10.1 Å². The highest BCUT2D eigenvalue weighted by Crippen LogP contribution is 2.23. The number of benzene rings is 1. The third kappa shape index (κ3) is 2.14. The van der Waals surface area contributed by atoms with Gasteiger partial charge in [0.25, 0.3) is 0 Å². The van der Waals surface area contributed by atoms with Crippen LogP contribution in [0.3, 0.4) is 0 Å². The van der Waals surface area contributed by atoms with Crippen LogP contribution in [-0.2, 0) is 4.79 Å². The van der Waals surface area contributed by atoms with Crippen LogP contribution in [0.25, 0.3) is 17.0 Å². The molecule has 4 nitrogen and oxygen atoms in total. The number of nitriles is 1. The standard InChI is InChI=1S/C12H7ClN2O2/c13-9-1-2-10-8(6-15-11(10)4-9)3-7(5-14)12(16)17/h1-4,6,15H,(H,16,17)/b7-3+. The number of H-pyrrole nitrogens is 1. The summed E-state index contributed by atoms with van der Waals surface area (Å²) < 4.78 is 0. The Morgan fingerprint density at radius 2 is 2.29 bits per heavy atom. The lowest BCUT2D eigenvalue weighted by Gasteiger charge is -1.94. The first-order valence-corrected chi connectivity index (χ1v) is 5.11. The maximum atomic E-state index is 10.7. The van der Waals surface area contributed by atoms with Crippen molar-refractivity contribution in [1.29, 1.82) is 5.26 Å². The van der Waals surface area contributed by atoms with Gasteiger partial charge in [-0.25, -0.2) is 4.79 Å². The number of aliphatic carboxylic acids is 1. The van der Waals surface area contributed by atoms with Crippen LogP contribution >= 0.6 is 11.6 Å². The van der Waals surface area contributed by atoms with Crippen LogP contribution in [0.1, 0.15) is 5.56 Å². The molecule has 0 saturated carbocycles. The van der Waals surface area contributed by atoms with Gasteiger partial charge in [-0.1, -0.05) is 17.7 Å². The molecule has 0 atom stereocenters. The van der Waals surface area contributed by atoms with Gasteiger partial charge in [0.15, 0.2) is 0 Å². The molecule has 0 aliphatic heterocycles. The third-order valence-corrected chi connectivity index (χ3v) is 2.56. The van der Waals surface area contributed by atoms with Crippen LogP contribution in [0.2, 0.25) is 5.02 Å². The second-order valence-electron chi connectivity index (χ2n) is 3.41. The van der Waals surface area contributed by atoms with E-state index in [1.165, 1.54) is 6.08 Å². The normalized spacial score (nSPS) is 11.4. The second-order valence-corrected chi connectivity index (χ2v) is 3.85. The van der Waals surface area contributed by atoms with Crippen LogP contribution in [0.4, 0.5) is 0 Å². The topological polar surface area (TPSA) is 76.9 Å². The van der Waals surface area contributed by atoms with Gasteiger partial charge in [0.1, 0.15) is 11.6 Å². The molecule has 2 aromatic rings. The summed E-state index contributed by atoms with van der Waals surface area (Å²) in [7, 11) is 0. The molecule has 0 unspecified atom stereocenters. The van der Waals surface area contributed by atoms with E-state index >= 15 is 0 Å². The molecular formula is C12H7ClN2O2. The number of carbonyl (C=O) groups is 1. The number of carboxylic acids is 1. The Balaban J connectivity index is 2.58. The van der Waals surface area contributed by atoms with Gasteiger partial charge in [-0.15, -0.1) is 0 Å². The summed E-state index contributed by atoms with van der Waals surface area (Å²) >= 11 is 5.83. The Morgan fingerprint density at radius 1 is 1.53 bits per heavy atom. The summed E-state index contributed by atoms with van der Waals surface area (Å²) in [6.07, 6.45) is 2.97. The highest BCUT2D eigenvalue weighted by Gasteiger charge is 2.08. The van der Waals surface area contributed by atoms with Crippen molar-refractivity contribution < 1.29 is 9.90 Å². The van der Waals surface area contributed by atoms with E-state index < -0.39 is 5.97 Å². The Kier molecular flexibility index (Phi) is 2.86. The summed E-state index contributed by atoms with van der Waals surface area (Å²) in [6.45, 7) is 0. The van der Waals surface area contributed by atoms with Crippen molar-refractivity contribution >= 4 is 34.5 Å². The Bertz CT molecular complexity index is 665. The van der Waals surface area contributed by atoms with Crippen molar-refractivity contribution in [2.24, 2.45) is 0 Å². The van der Waals surface area contributed by atoms with Crippen molar-refractivity contribution in [2.75, 3.05) is 0 Å². The predicted molar refractivity (Wildman–Crippen MR) is 64.5 cm³/mol. The zero-order chi connectivity index (χ0) is 12.4. The van der Waals surface area contributed by atoms with Gasteiger partial charge in [0, 0.05) is 27.7 Å².